The van der Waals surface area contributed by atoms with E-state index in [0.717, 1.165) is 12.0 Å². The van der Waals surface area contributed by atoms with Gasteiger partial charge in [-0.1, -0.05) is 48.5 Å². The lowest BCUT2D eigenvalue weighted by Crippen LogP contribution is -1.92. The van der Waals surface area contributed by atoms with Crippen LogP contribution in [0.2, 0.25) is 0 Å². The van der Waals surface area contributed by atoms with E-state index in [-0.39, 0.29) is 0 Å². The SMILES string of the molecule is O=C(Cl)c1cccc(Cc2ccccc2)c1. The molecule has 0 unspecified atom stereocenters. The highest BCUT2D eigenvalue weighted by molar-refractivity contribution is 6.67. The first-order valence-electron chi connectivity index (χ1n) is 5.08. The van der Waals surface area contributed by atoms with Crippen molar-refractivity contribution in [1.82, 2.24) is 0 Å². The number of carbonyl (C=O) groups is 1. The van der Waals surface area contributed by atoms with Crippen molar-refractivity contribution in [2.24, 2.45) is 0 Å². The predicted octanol–water partition coefficient (Wildman–Crippen LogP) is 3.66. The lowest BCUT2D eigenvalue weighted by atomic mass is 10.0. The Morgan fingerprint density at radius 2 is 1.62 bits per heavy atom. The second-order valence-corrected chi connectivity index (χ2v) is 3.98. The molecule has 0 spiro atoms. The molecule has 80 valence electrons. The Labute approximate surface area is 99.7 Å². The molecule has 0 radical (unpaired) electrons. The average Bonchev–Trinajstić information content (AvgIpc) is 2.30. The Bertz CT molecular complexity index is 491. The van der Waals surface area contributed by atoms with Crippen molar-refractivity contribution in [2.75, 3.05) is 0 Å². The van der Waals surface area contributed by atoms with Crippen LogP contribution in [0.3, 0.4) is 0 Å². The minimum Gasteiger partial charge on any atom is -0.276 e. The van der Waals surface area contributed by atoms with Crippen LogP contribution in [-0.4, -0.2) is 5.24 Å². The second kappa shape index (κ2) is 4.95. The van der Waals surface area contributed by atoms with Gasteiger partial charge in [0.1, 0.15) is 0 Å². The van der Waals surface area contributed by atoms with E-state index in [1.807, 2.05) is 36.4 Å². The molecule has 2 rings (SSSR count). The molecule has 0 fully saturated rings. The first kappa shape index (κ1) is 10.9. The third-order valence-electron chi connectivity index (χ3n) is 2.41. The van der Waals surface area contributed by atoms with Crippen LogP contribution in [0.25, 0.3) is 0 Å². The van der Waals surface area contributed by atoms with Gasteiger partial charge in [0, 0.05) is 5.56 Å². The van der Waals surface area contributed by atoms with Gasteiger partial charge in [-0.05, 0) is 35.2 Å². The molecule has 0 saturated carbocycles. The summed E-state index contributed by atoms with van der Waals surface area (Å²) >= 11 is 5.44. The van der Waals surface area contributed by atoms with Crippen molar-refractivity contribution in [3.63, 3.8) is 0 Å². The van der Waals surface area contributed by atoms with Crippen LogP contribution in [0.15, 0.2) is 54.6 Å². The molecule has 2 aromatic carbocycles. The van der Waals surface area contributed by atoms with Crippen molar-refractivity contribution in [3.05, 3.63) is 71.3 Å². The summed E-state index contributed by atoms with van der Waals surface area (Å²) in [7, 11) is 0. The van der Waals surface area contributed by atoms with Crippen LogP contribution in [-0.2, 0) is 6.42 Å². The fourth-order valence-corrected chi connectivity index (χ4v) is 1.75. The fraction of sp³-hybridized carbons (Fsp3) is 0.0714. The number of carbonyl (C=O) groups excluding carboxylic acids is 1. The lowest BCUT2D eigenvalue weighted by Gasteiger charge is -2.02. The summed E-state index contributed by atoms with van der Waals surface area (Å²) in [6, 6.07) is 17.5. The summed E-state index contributed by atoms with van der Waals surface area (Å²) in [6.45, 7) is 0. The van der Waals surface area contributed by atoms with Crippen molar-refractivity contribution in [2.45, 2.75) is 6.42 Å². The third kappa shape index (κ3) is 2.71. The first-order chi connectivity index (χ1) is 7.75. The van der Waals surface area contributed by atoms with Crippen LogP contribution in [0.4, 0.5) is 0 Å². The van der Waals surface area contributed by atoms with E-state index >= 15 is 0 Å². The maximum Gasteiger partial charge on any atom is 0.252 e. The van der Waals surface area contributed by atoms with Gasteiger partial charge in [-0.2, -0.15) is 0 Å². The fourth-order valence-electron chi connectivity index (χ4n) is 1.64. The second-order valence-electron chi connectivity index (χ2n) is 3.64. The van der Waals surface area contributed by atoms with E-state index in [1.54, 1.807) is 6.07 Å². The van der Waals surface area contributed by atoms with Crippen molar-refractivity contribution < 1.29 is 4.79 Å². The average molecular weight is 231 g/mol. The predicted molar refractivity (Wildman–Crippen MR) is 65.9 cm³/mol. The van der Waals surface area contributed by atoms with Gasteiger partial charge in [-0.15, -0.1) is 0 Å². The van der Waals surface area contributed by atoms with Crippen molar-refractivity contribution >= 4 is 16.8 Å². The topological polar surface area (TPSA) is 17.1 Å². The molecule has 0 heterocycles. The normalized spacial score (nSPS) is 10.1. The molecule has 2 aromatic rings. The summed E-state index contributed by atoms with van der Waals surface area (Å²) in [5.74, 6) is 0. The largest absolute Gasteiger partial charge is 0.276 e. The Balaban J connectivity index is 2.22. The Morgan fingerprint density at radius 1 is 0.938 bits per heavy atom. The molecule has 0 aliphatic heterocycles. The lowest BCUT2D eigenvalue weighted by molar-refractivity contribution is 0.108. The number of hydrogen-bond acceptors (Lipinski definition) is 1. The van der Waals surface area contributed by atoms with Crippen LogP contribution < -0.4 is 0 Å². The Kier molecular flexibility index (Phi) is 3.37. The molecule has 0 bridgehead atoms. The van der Waals surface area contributed by atoms with E-state index < -0.39 is 5.24 Å². The minimum absolute atomic E-state index is 0.407. The van der Waals surface area contributed by atoms with Crippen LogP contribution in [0, 0.1) is 0 Å². The van der Waals surface area contributed by atoms with Gasteiger partial charge >= 0.3 is 0 Å². The van der Waals surface area contributed by atoms with Crippen molar-refractivity contribution in [1.29, 1.82) is 0 Å². The molecular formula is C14H11ClO. The summed E-state index contributed by atoms with van der Waals surface area (Å²) in [6.07, 6.45) is 0.818. The van der Waals surface area contributed by atoms with Gasteiger partial charge < -0.3 is 0 Å². The van der Waals surface area contributed by atoms with Crippen molar-refractivity contribution in [3.8, 4) is 0 Å². The molecule has 0 saturated heterocycles. The van der Waals surface area contributed by atoms with Gasteiger partial charge in [-0.3, -0.25) is 4.79 Å². The van der Waals surface area contributed by atoms with Crippen LogP contribution in [0.1, 0.15) is 21.5 Å². The number of halogens is 1. The number of hydrogen-bond donors (Lipinski definition) is 0. The monoisotopic (exact) mass is 230 g/mol. The molecule has 0 amide bonds. The highest BCUT2D eigenvalue weighted by atomic mass is 35.5. The molecule has 0 aromatic heterocycles. The summed E-state index contributed by atoms with van der Waals surface area (Å²) in [4.78, 5) is 11.0. The molecule has 1 nitrogen and oxygen atoms in total. The molecule has 2 heteroatoms. The summed E-state index contributed by atoms with van der Waals surface area (Å²) in [5, 5.41) is -0.407. The smallest absolute Gasteiger partial charge is 0.252 e. The molecule has 0 aliphatic carbocycles. The molecule has 0 aliphatic rings. The van der Waals surface area contributed by atoms with Gasteiger partial charge in [0.05, 0.1) is 0 Å². The van der Waals surface area contributed by atoms with Gasteiger partial charge in [0.15, 0.2) is 0 Å². The summed E-state index contributed by atoms with van der Waals surface area (Å²) < 4.78 is 0. The zero-order chi connectivity index (χ0) is 11.4. The number of rotatable bonds is 3. The number of benzene rings is 2. The van der Waals surface area contributed by atoms with Crippen LogP contribution >= 0.6 is 11.6 Å². The Hall–Kier alpha value is -1.60. The maximum absolute atomic E-state index is 11.0. The van der Waals surface area contributed by atoms with E-state index in [4.69, 9.17) is 11.6 Å². The standard InChI is InChI=1S/C14H11ClO/c15-14(16)13-8-4-7-12(10-13)9-11-5-2-1-3-6-11/h1-8,10H,9H2. The third-order valence-corrected chi connectivity index (χ3v) is 2.62. The van der Waals surface area contributed by atoms with Gasteiger partial charge in [0.2, 0.25) is 0 Å². The zero-order valence-corrected chi connectivity index (χ0v) is 9.45. The molecule has 0 N–H and O–H groups in total. The highest BCUT2D eigenvalue weighted by Crippen LogP contribution is 2.12. The van der Waals surface area contributed by atoms with Crippen LogP contribution in [0.5, 0.6) is 0 Å². The van der Waals surface area contributed by atoms with E-state index in [0.29, 0.717) is 5.56 Å². The maximum atomic E-state index is 11.0. The highest BCUT2D eigenvalue weighted by Gasteiger charge is 2.02. The molecule has 0 atom stereocenters. The first-order valence-corrected chi connectivity index (χ1v) is 5.46. The molecular weight excluding hydrogens is 220 g/mol. The zero-order valence-electron chi connectivity index (χ0n) is 8.69. The van der Waals surface area contributed by atoms with E-state index in [9.17, 15) is 4.79 Å². The van der Waals surface area contributed by atoms with E-state index in [2.05, 4.69) is 12.1 Å². The quantitative estimate of drug-likeness (QED) is 0.736. The van der Waals surface area contributed by atoms with Gasteiger partial charge in [0.25, 0.3) is 5.24 Å². The molecule has 16 heavy (non-hydrogen) atoms. The Morgan fingerprint density at radius 3 is 2.31 bits per heavy atom. The van der Waals surface area contributed by atoms with Gasteiger partial charge in [-0.25, -0.2) is 0 Å². The summed E-state index contributed by atoms with van der Waals surface area (Å²) in [5.41, 5.74) is 2.87. The van der Waals surface area contributed by atoms with E-state index in [1.165, 1.54) is 5.56 Å². The minimum atomic E-state index is -0.407.